The molecule has 0 radical (unpaired) electrons. The lowest BCUT2D eigenvalue weighted by Crippen LogP contribution is -2.37. The van der Waals surface area contributed by atoms with Crippen LogP contribution < -0.4 is 16.4 Å². The SMILES string of the molecule is Cc1csc(N(CCCN)C(N)=O)n1. The maximum Gasteiger partial charge on any atom is 0.321 e. The number of urea groups is 1. The number of carbonyl (C=O) groups is 1. The van der Waals surface area contributed by atoms with Crippen LogP contribution in [-0.4, -0.2) is 24.1 Å². The van der Waals surface area contributed by atoms with E-state index in [9.17, 15) is 4.79 Å². The molecule has 0 aromatic carbocycles. The van der Waals surface area contributed by atoms with Crippen molar-refractivity contribution in [1.29, 1.82) is 0 Å². The molecule has 5 nitrogen and oxygen atoms in total. The molecular weight excluding hydrogens is 200 g/mol. The van der Waals surface area contributed by atoms with Crippen LogP contribution in [0.1, 0.15) is 12.1 Å². The molecule has 0 saturated carbocycles. The Balaban J connectivity index is 2.72. The predicted molar refractivity (Wildman–Crippen MR) is 57.5 cm³/mol. The zero-order valence-electron chi connectivity index (χ0n) is 8.06. The fourth-order valence-electron chi connectivity index (χ4n) is 1.02. The van der Waals surface area contributed by atoms with Gasteiger partial charge >= 0.3 is 6.03 Å². The van der Waals surface area contributed by atoms with Crippen molar-refractivity contribution < 1.29 is 4.79 Å². The molecule has 0 aliphatic carbocycles. The molecule has 4 N–H and O–H groups in total. The molecule has 0 fully saturated rings. The van der Waals surface area contributed by atoms with E-state index in [1.54, 1.807) is 0 Å². The molecule has 1 heterocycles. The Morgan fingerprint density at radius 3 is 2.86 bits per heavy atom. The van der Waals surface area contributed by atoms with Crippen LogP contribution in [-0.2, 0) is 0 Å². The summed E-state index contributed by atoms with van der Waals surface area (Å²) in [5, 5.41) is 2.52. The number of amides is 2. The Morgan fingerprint density at radius 2 is 2.43 bits per heavy atom. The number of hydrogen-bond acceptors (Lipinski definition) is 4. The fraction of sp³-hybridized carbons (Fsp3) is 0.500. The Bertz CT molecular complexity index is 312. The molecule has 1 aromatic heterocycles. The average molecular weight is 214 g/mol. The quantitative estimate of drug-likeness (QED) is 0.773. The van der Waals surface area contributed by atoms with Crippen LogP contribution >= 0.6 is 11.3 Å². The van der Waals surface area contributed by atoms with Gasteiger partial charge in [-0.2, -0.15) is 0 Å². The summed E-state index contributed by atoms with van der Waals surface area (Å²) in [5.74, 6) is 0. The number of rotatable bonds is 4. The molecule has 0 saturated heterocycles. The van der Waals surface area contributed by atoms with Crippen molar-refractivity contribution in [1.82, 2.24) is 4.98 Å². The van der Waals surface area contributed by atoms with Gasteiger partial charge in [-0.25, -0.2) is 9.78 Å². The largest absolute Gasteiger partial charge is 0.351 e. The second-order valence-corrected chi connectivity index (χ2v) is 3.74. The van der Waals surface area contributed by atoms with Crippen molar-refractivity contribution in [2.75, 3.05) is 18.0 Å². The number of thiazole rings is 1. The second kappa shape index (κ2) is 4.92. The van der Waals surface area contributed by atoms with E-state index in [4.69, 9.17) is 11.5 Å². The van der Waals surface area contributed by atoms with E-state index in [1.807, 2.05) is 12.3 Å². The van der Waals surface area contributed by atoms with Gasteiger partial charge in [-0.15, -0.1) is 11.3 Å². The smallest absolute Gasteiger partial charge is 0.321 e. The molecule has 0 spiro atoms. The minimum Gasteiger partial charge on any atom is -0.351 e. The van der Waals surface area contributed by atoms with Crippen LogP contribution in [0.25, 0.3) is 0 Å². The highest BCUT2D eigenvalue weighted by Crippen LogP contribution is 2.19. The van der Waals surface area contributed by atoms with E-state index in [1.165, 1.54) is 16.2 Å². The zero-order chi connectivity index (χ0) is 10.6. The summed E-state index contributed by atoms with van der Waals surface area (Å²) in [4.78, 5) is 16.7. The van der Waals surface area contributed by atoms with E-state index in [0.717, 1.165) is 12.1 Å². The van der Waals surface area contributed by atoms with Crippen molar-refractivity contribution in [2.24, 2.45) is 11.5 Å². The Hall–Kier alpha value is -1.14. The minimum absolute atomic E-state index is 0.479. The van der Waals surface area contributed by atoms with E-state index >= 15 is 0 Å². The van der Waals surface area contributed by atoms with Crippen LogP contribution in [0.5, 0.6) is 0 Å². The minimum atomic E-state index is -0.479. The van der Waals surface area contributed by atoms with E-state index in [0.29, 0.717) is 18.2 Å². The van der Waals surface area contributed by atoms with Gasteiger partial charge in [0.25, 0.3) is 0 Å². The van der Waals surface area contributed by atoms with Crippen molar-refractivity contribution in [3.63, 3.8) is 0 Å². The third-order valence-corrected chi connectivity index (χ3v) is 2.67. The van der Waals surface area contributed by atoms with Crippen LogP contribution in [0.3, 0.4) is 0 Å². The predicted octanol–water partition coefficient (Wildman–Crippen LogP) is 0.685. The van der Waals surface area contributed by atoms with Gasteiger partial charge in [-0.1, -0.05) is 0 Å². The maximum atomic E-state index is 11.1. The molecule has 2 amide bonds. The zero-order valence-corrected chi connectivity index (χ0v) is 8.88. The molecule has 14 heavy (non-hydrogen) atoms. The number of carbonyl (C=O) groups excluding carboxylic acids is 1. The highest BCUT2D eigenvalue weighted by atomic mass is 32.1. The van der Waals surface area contributed by atoms with Gasteiger partial charge < -0.3 is 11.5 Å². The van der Waals surface area contributed by atoms with E-state index in [2.05, 4.69) is 4.98 Å². The molecular formula is C8H14N4OS. The number of nitrogens with zero attached hydrogens (tertiary/aromatic N) is 2. The van der Waals surface area contributed by atoms with Gasteiger partial charge in [0.1, 0.15) is 0 Å². The maximum absolute atomic E-state index is 11.1. The summed E-state index contributed by atoms with van der Waals surface area (Å²) in [5.41, 5.74) is 11.5. The molecule has 0 aliphatic rings. The van der Waals surface area contributed by atoms with Crippen LogP contribution in [0.15, 0.2) is 5.38 Å². The van der Waals surface area contributed by atoms with Gasteiger partial charge in [0.2, 0.25) is 0 Å². The van der Waals surface area contributed by atoms with Crippen LogP contribution in [0, 0.1) is 6.92 Å². The van der Waals surface area contributed by atoms with Crippen molar-refractivity contribution in [2.45, 2.75) is 13.3 Å². The number of primary amides is 1. The summed E-state index contributed by atoms with van der Waals surface area (Å²) >= 11 is 1.41. The first-order valence-corrected chi connectivity index (χ1v) is 5.22. The van der Waals surface area contributed by atoms with Crippen LogP contribution in [0.2, 0.25) is 0 Å². The van der Waals surface area contributed by atoms with E-state index < -0.39 is 6.03 Å². The lowest BCUT2D eigenvalue weighted by atomic mass is 10.4. The lowest BCUT2D eigenvalue weighted by Gasteiger charge is -2.16. The van der Waals surface area contributed by atoms with Crippen molar-refractivity contribution >= 4 is 22.5 Å². The third-order valence-electron chi connectivity index (χ3n) is 1.69. The van der Waals surface area contributed by atoms with Crippen LogP contribution in [0.4, 0.5) is 9.93 Å². The average Bonchev–Trinajstić information content (AvgIpc) is 2.52. The molecule has 1 rings (SSSR count). The first-order valence-electron chi connectivity index (χ1n) is 4.34. The summed E-state index contributed by atoms with van der Waals surface area (Å²) in [7, 11) is 0. The Kier molecular flexibility index (Phi) is 3.84. The number of nitrogens with two attached hydrogens (primary N) is 2. The first-order chi connectivity index (χ1) is 6.65. The number of hydrogen-bond donors (Lipinski definition) is 2. The Morgan fingerprint density at radius 1 is 1.71 bits per heavy atom. The third kappa shape index (κ3) is 2.68. The standard InChI is InChI=1S/C8H14N4OS/c1-6-5-14-8(11-6)12(7(10)13)4-2-3-9/h5H,2-4,9H2,1H3,(H2,10,13). The highest BCUT2D eigenvalue weighted by Gasteiger charge is 2.14. The lowest BCUT2D eigenvalue weighted by molar-refractivity contribution is 0.254. The Labute approximate surface area is 86.7 Å². The number of aromatic nitrogens is 1. The number of aryl methyl sites for hydroxylation is 1. The van der Waals surface area contributed by atoms with E-state index in [-0.39, 0.29) is 0 Å². The molecule has 78 valence electrons. The number of anilines is 1. The van der Waals surface area contributed by atoms with Gasteiger partial charge in [0.05, 0.1) is 5.69 Å². The molecule has 0 atom stereocenters. The van der Waals surface area contributed by atoms with Gasteiger partial charge in [0.15, 0.2) is 5.13 Å². The van der Waals surface area contributed by atoms with Crippen molar-refractivity contribution in [3.8, 4) is 0 Å². The van der Waals surface area contributed by atoms with Crippen molar-refractivity contribution in [3.05, 3.63) is 11.1 Å². The molecule has 0 unspecified atom stereocenters. The summed E-state index contributed by atoms with van der Waals surface area (Å²) < 4.78 is 0. The summed E-state index contributed by atoms with van der Waals surface area (Å²) in [6, 6.07) is -0.479. The molecule has 0 aliphatic heterocycles. The van der Waals surface area contributed by atoms with Gasteiger partial charge in [-0.3, -0.25) is 4.90 Å². The fourth-order valence-corrected chi connectivity index (χ4v) is 1.85. The molecule has 6 heteroatoms. The van der Waals surface area contributed by atoms with Gasteiger partial charge in [0, 0.05) is 11.9 Å². The second-order valence-electron chi connectivity index (χ2n) is 2.90. The summed E-state index contributed by atoms with van der Waals surface area (Å²) in [6.45, 7) is 2.94. The topological polar surface area (TPSA) is 85.2 Å². The summed E-state index contributed by atoms with van der Waals surface area (Å²) in [6.07, 6.45) is 0.724. The highest BCUT2D eigenvalue weighted by molar-refractivity contribution is 7.14. The first kappa shape index (κ1) is 10.9. The molecule has 1 aromatic rings. The monoisotopic (exact) mass is 214 g/mol. The molecule has 0 bridgehead atoms. The normalized spacial score (nSPS) is 10.1. The van der Waals surface area contributed by atoms with Gasteiger partial charge in [-0.05, 0) is 19.9 Å².